The van der Waals surface area contributed by atoms with Gasteiger partial charge in [-0.1, -0.05) is 0 Å². The summed E-state index contributed by atoms with van der Waals surface area (Å²) in [7, 11) is 0. The van der Waals surface area contributed by atoms with Gasteiger partial charge in [-0.2, -0.15) is 5.10 Å². The molecule has 1 aliphatic heterocycles. The fourth-order valence-corrected chi connectivity index (χ4v) is 2.05. The van der Waals surface area contributed by atoms with Gasteiger partial charge >= 0.3 is 0 Å². The van der Waals surface area contributed by atoms with E-state index in [2.05, 4.69) is 20.8 Å². The number of amides is 1. The van der Waals surface area contributed by atoms with Crippen molar-refractivity contribution in [3.63, 3.8) is 0 Å². The van der Waals surface area contributed by atoms with E-state index in [1.165, 1.54) is 12.8 Å². The van der Waals surface area contributed by atoms with Gasteiger partial charge in [-0.05, 0) is 38.3 Å². The summed E-state index contributed by atoms with van der Waals surface area (Å²) in [5.74, 6) is 0.732. The van der Waals surface area contributed by atoms with Gasteiger partial charge in [0.05, 0.1) is 11.9 Å². The lowest BCUT2D eigenvalue weighted by atomic mass is 9.94. The molecule has 88 valence electrons. The summed E-state index contributed by atoms with van der Waals surface area (Å²) in [4.78, 5) is 11.6. The smallest absolute Gasteiger partial charge is 0.224 e. The van der Waals surface area contributed by atoms with Crippen LogP contribution in [0.2, 0.25) is 0 Å². The molecule has 1 fully saturated rings. The highest BCUT2D eigenvalue weighted by Gasteiger charge is 2.14. The van der Waals surface area contributed by atoms with Gasteiger partial charge in [0.2, 0.25) is 5.91 Å². The van der Waals surface area contributed by atoms with E-state index in [0.717, 1.165) is 25.2 Å². The maximum Gasteiger partial charge on any atom is 0.224 e. The van der Waals surface area contributed by atoms with Crippen molar-refractivity contribution in [3.05, 3.63) is 12.4 Å². The normalized spacial score (nSPS) is 20.6. The van der Waals surface area contributed by atoms with Gasteiger partial charge in [-0.15, -0.1) is 0 Å². The number of nitrogens with one attached hydrogen (secondary N) is 3. The first-order valence-corrected chi connectivity index (χ1v) is 5.84. The Balaban J connectivity index is 1.67. The SMILES string of the molecule is O=C(CCC1CCCNC1)Nc1cn[nH]c1. The molecule has 1 atom stereocenters. The lowest BCUT2D eigenvalue weighted by Crippen LogP contribution is -2.30. The molecule has 5 nitrogen and oxygen atoms in total. The summed E-state index contributed by atoms with van der Waals surface area (Å²) in [6, 6.07) is 0. The van der Waals surface area contributed by atoms with Crippen LogP contribution in [-0.4, -0.2) is 29.2 Å². The highest BCUT2D eigenvalue weighted by Crippen LogP contribution is 2.16. The Labute approximate surface area is 95.0 Å². The summed E-state index contributed by atoms with van der Waals surface area (Å²) in [6.07, 6.45) is 7.33. The van der Waals surface area contributed by atoms with Crippen LogP contribution in [0.15, 0.2) is 12.4 Å². The lowest BCUT2D eigenvalue weighted by molar-refractivity contribution is -0.116. The van der Waals surface area contributed by atoms with Crippen LogP contribution in [0.25, 0.3) is 0 Å². The summed E-state index contributed by atoms with van der Waals surface area (Å²) in [6.45, 7) is 2.18. The minimum atomic E-state index is 0.0759. The van der Waals surface area contributed by atoms with Crippen LogP contribution < -0.4 is 10.6 Å². The van der Waals surface area contributed by atoms with E-state index in [1.54, 1.807) is 12.4 Å². The van der Waals surface area contributed by atoms with Gasteiger partial charge in [-0.3, -0.25) is 9.89 Å². The number of carbonyl (C=O) groups is 1. The first-order chi connectivity index (χ1) is 7.84. The van der Waals surface area contributed by atoms with E-state index >= 15 is 0 Å². The lowest BCUT2D eigenvalue weighted by Gasteiger charge is -2.22. The van der Waals surface area contributed by atoms with E-state index in [0.29, 0.717) is 12.3 Å². The van der Waals surface area contributed by atoms with Crippen LogP contribution in [-0.2, 0) is 4.79 Å². The molecule has 0 radical (unpaired) electrons. The molecule has 3 N–H and O–H groups in total. The number of hydrogen-bond acceptors (Lipinski definition) is 3. The molecule has 2 rings (SSSR count). The van der Waals surface area contributed by atoms with E-state index < -0.39 is 0 Å². The zero-order valence-electron chi connectivity index (χ0n) is 9.33. The van der Waals surface area contributed by atoms with Crippen molar-refractivity contribution in [2.45, 2.75) is 25.7 Å². The number of H-pyrrole nitrogens is 1. The molecule has 1 saturated heterocycles. The average Bonchev–Trinajstić information content (AvgIpc) is 2.81. The quantitative estimate of drug-likeness (QED) is 0.715. The van der Waals surface area contributed by atoms with E-state index in [9.17, 15) is 4.79 Å². The molecule has 1 aromatic heterocycles. The predicted molar refractivity (Wildman–Crippen MR) is 62.0 cm³/mol. The first kappa shape index (κ1) is 11.1. The molecule has 2 heterocycles. The molecule has 16 heavy (non-hydrogen) atoms. The Bertz CT molecular complexity index is 317. The second-order valence-corrected chi connectivity index (χ2v) is 4.29. The zero-order valence-corrected chi connectivity index (χ0v) is 9.33. The minimum absolute atomic E-state index is 0.0759. The third-order valence-corrected chi connectivity index (χ3v) is 2.96. The first-order valence-electron chi connectivity index (χ1n) is 5.84. The van der Waals surface area contributed by atoms with Crippen molar-refractivity contribution in [1.82, 2.24) is 15.5 Å². The second kappa shape index (κ2) is 5.65. The Morgan fingerprint density at radius 2 is 2.56 bits per heavy atom. The molecular weight excluding hydrogens is 204 g/mol. The summed E-state index contributed by atoms with van der Waals surface area (Å²) < 4.78 is 0. The van der Waals surface area contributed by atoms with Gasteiger partial charge in [0.15, 0.2) is 0 Å². The fourth-order valence-electron chi connectivity index (χ4n) is 2.05. The summed E-state index contributed by atoms with van der Waals surface area (Å²) in [5.41, 5.74) is 0.742. The largest absolute Gasteiger partial charge is 0.323 e. The highest BCUT2D eigenvalue weighted by atomic mass is 16.1. The van der Waals surface area contributed by atoms with Crippen LogP contribution in [0.1, 0.15) is 25.7 Å². The van der Waals surface area contributed by atoms with Crippen molar-refractivity contribution in [2.75, 3.05) is 18.4 Å². The van der Waals surface area contributed by atoms with Crippen molar-refractivity contribution < 1.29 is 4.79 Å². The molecule has 5 heteroatoms. The van der Waals surface area contributed by atoms with Crippen molar-refractivity contribution in [3.8, 4) is 0 Å². The van der Waals surface area contributed by atoms with E-state index in [4.69, 9.17) is 0 Å². The second-order valence-electron chi connectivity index (χ2n) is 4.29. The minimum Gasteiger partial charge on any atom is -0.323 e. The number of hydrogen-bond donors (Lipinski definition) is 3. The molecule has 0 spiro atoms. The van der Waals surface area contributed by atoms with Crippen LogP contribution in [0.3, 0.4) is 0 Å². The van der Waals surface area contributed by atoms with Gasteiger partial charge in [-0.25, -0.2) is 0 Å². The van der Waals surface area contributed by atoms with Gasteiger partial charge < -0.3 is 10.6 Å². The van der Waals surface area contributed by atoms with Crippen LogP contribution in [0, 0.1) is 5.92 Å². The maximum absolute atomic E-state index is 11.6. The third kappa shape index (κ3) is 3.34. The van der Waals surface area contributed by atoms with Gasteiger partial charge in [0.25, 0.3) is 0 Å². The summed E-state index contributed by atoms with van der Waals surface area (Å²) in [5, 5.41) is 12.6. The molecule has 0 aliphatic carbocycles. The number of rotatable bonds is 4. The molecule has 1 aromatic rings. The Hall–Kier alpha value is -1.36. The van der Waals surface area contributed by atoms with Crippen molar-refractivity contribution >= 4 is 11.6 Å². The van der Waals surface area contributed by atoms with E-state index in [1.807, 2.05) is 0 Å². The zero-order chi connectivity index (χ0) is 11.2. The topological polar surface area (TPSA) is 69.8 Å². The standard InChI is InChI=1S/C11H18N4O/c16-11(15-10-7-13-14-8-10)4-3-9-2-1-5-12-6-9/h7-9,12H,1-6H2,(H,13,14)(H,15,16). The van der Waals surface area contributed by atoms with Crippen LogP contribution >= 0.6 is 0 Å². The maximum atomic E-state index is 11.6. The number of aromatic amines is 1. The third-order valence-electron chi connectivity index (χ3n) is 2.96. The Kier molecular flexibility index (Phi) is 3.93. The highest BCUT2D eigenvalue weighted by molar-refractivity contribution is 5.90. The van der Waals surface area contributed by atoms with Crippen molar-refractivity contribution in [2.24, 2.45) is 5.92 Å². The van der Waals surface area contributed by atoms with Crippen LogP contribution in [0.4, 0.5) is 5.69 Å². The molecule has 0 saturated carbocycles. The van der Waals surface area contributed by atoms with Crippen molar-refractivity contribution in [1.29, 1.82) is 0 Å². The average molecular weight is 222 g/mol. The number of anilines is 1. The van der Waals surface area contributed by atoms with Gasteiger partial charge in [0.1, 0.15) is 0 Å². The molecular formula is C11H18N4O. The van der Waals surface area contributed by atoms with Gasteiger partial charge in [0, 0.05) is 12.6 Å². The fraction of sp³-hybridized carbons (Fsp3) is 0.636. The van der Waals surface area contributed by atoms with Crippen LogP contribution in [0.5, 0.6) is 0 Å². The number of piperidine rings is 1. The Morgan fingerprint density at radius 3 is 3.25 bits per heavy atom. The molecule has 0 aromatic carbocycles. The predicted octanol–water partition coefficient (Wildman–Crippen LogP) is 1.13. The molecule has 1 amide bonds. The number of carbonyl (C=O) groups excluding carboxylic acids is 1. The van der Waals surface area contributed by atoms with E-state index in [-0.39, 0.29) is 5.91 Å². The molecule has 1 unspecified atom stereocenters. The number of nitrogens with zero attached hydrogens (tertiary/aromatic N) is 1. The molecule has 0 bridgehead atoms. The number of aromatic nitrogens is 2. The monoisotopic (exact) mass is 222 g/mol. The summed E-state index contributed by atoms with van der Waals surface area (Å²) >= 11 is 0. The molecule has 1 aliphatic rings. The Morgan fingerprint density at radius 1 is 1.62 bits per heavy atom.